The Kier molecular flexibility index (Phi) is 3.82. The Labute approximate surface area is 66.4 Å². The number of aliphatic carboxylic acids is 1. The van der Waals surface area contributed by atoms with Gasteiger partial charge in [0, 0.05) is 6.61 Å². The molecule has 1 unspecified atom stereocenters. The van der Waals surface area contributed by atoms with E-state index in [9.17, 15) is 4.79 Å². The monoisotopic (exact) mass is 158 g/mol. The molecule has 0 heterocycles. The van der Waals surface area contributed by atoms with Gasteiger partial charge in [-0.2, -0.15) is 0 Å². The Balaban J connectivity index is 4.10. The summed E-state index contributed by atoms with van der Waals surface area (Å²) in [7, 11) is 0. The molecule has 64 valence electrons. The fourth-order valence-electron chi connectivity index (χ4n) is 0.743. The third-order valence-electron chi connectivity index (χ3n) is 1.79. The number of rotatable bonds is 5. The van der Waals surface area contributed by atoms with Crippen molar-refractivity contribution < 1.29 is 15.0 Å². The number of carbonyl (C=O) groups is 1. The van der Waals surface area contributed by atoms with Crippen molar-refractivity contribution in [2.45, 2.75) is 19.8 Å². The minimum Gasteiger partial charge on any atom is -0.481 e. The van der Waals surface area contributed by atoms with Crippen LogP contribution in [0.15, 0.2) is 12.7 Å². The summed E-state index contributed by atoms with van der Waals surface area (Å²) in [5.74, 6) is -0.888. The van der Waals surface area contributed by atoms with E-state index in [0.29, 0.717) is 12.8 Å². The highest BCUT2D eigenvalue weighted by Gasteiger charge is 2.28. The smallest absolute Gasteiger partial charge is 0.313 e. The molecule has 0 fully saturated rings. The van der Waals surface area contributed by atoms with Gasteiger partial charge < -0.3 is 10.2 Å². The molecule has 0 amide bonds. The topological polar surface area (TPSA) is 57.5 Å². The van der Waals surface area contributed by atoms with Crippen LogP contribution in [0.4, 0.5) is 0 Å². The Morgan fingerprint density at radius 3 is 2.55 bits per heavy atom. The molecule has 0 aromatic carbocycles. The Morgan fingerprint density at radius 2 is 2.27 bits per heavy atom. The van der Waals surface area contributed by atoms with Gasteiger partial charge in [-0.05, 0) is 19.8 Å². The average Bonchev–Trinajstić information content (AvgIpc) is 2.00. The van der Waals surface area contributed by atoms with E-state index < -0.39 is 11.4 Å². The van der Waals surface area contributed by atoms with Crippen molar-refractivity contribution in [1.29, 1.82) is 0 Å². The van der Waals surface area contributed by atoms with Crippen LogP contribution >= 0.6 is 0 Å². The van der Waals surface area contributed by atoms with Gasteiger partial charge in [-0.1, -0.05) is 6.08 Å². The summed E-state index contributed by atoms with van der Waals surface area (Å²) in [5.41, 5.74) is -0.886. The second-order valence-corrected chi connectivity index (χ2v) is 2.75. The molecule has 0 aromatic heterocycles. The van der Waals surface area contributed by atoms with E-state index in [1.54, 1.807) is 6.92 Å². The average molecular weight is 158 g/mol. The van der Waals surface area contributed by atoms with Gasteiger partial charge in [0.05, 0.1) is 5.41 Å². The van der Waals surface area contributed by atoms with Crippen molar-refractivity contribution in [2.24, 2.45) is 5.41 Å². The van der Waals surface area contributed by atoms with Crippen molar-refractivity contribution in [2.75, 3.05) is 6.61 Å². The van der Waals surface area contributed by atoms with Crippen LogP contribution in [0.2, 0.25) is 0 Å². The Hall–Kier alpha value is -0.830. The van der Waals surface area contributed by atoms with Crippen LogP contribution < -0.4 is 0 Å². The molecular formula is C8H14O3. The van der Waals surface area contributed by atoms with Gasteiger partial charge >= 0.3 is 5.97 Å². The van der Waals surface area contributed by atoms with Gasteiger partial charge in [0.2, 0.25) is 0 Å². The van der Waals surface area contributed by atoms with Crippen LogP contribution in [0.1, 0.15) is 19.8 Å². The van der Waals surface area contributed by atoms with Gasteiger partial charge in [0.1, 0.15) is 0 Å². The predicted octanol–water partition coefficient (Wildman–Crippen LogP) is 1.04. The van der Waals surface area contributed by atoms with Crippen LogP contribution in [0, 0.1) is 5.41 Å². The molecule has 0 radical (unpaired) electrons. The second kappa shape index (κ2) is 4.13. The van der Waals surface area contributed by atoms with Gasteiger partial charge in [-0.3, -0.25) is 4.79 Å². The number of aliphatic hydroxyl groups is 1. The Bertz CT molecular complexity index is 153. The lowest BCUT2D eigenvalue weighted by atomic mass is 9.86. The first-order valence-electron chi connectivity index (χ1n) is 3.54. The van der Waals surface area contributed by atoms with Crippen molar-refractivity contribution in [1.82, 2.24) is 0 Å². The lowest BCUT2D eigenvalue weighted by molar-refractivity contribution is -0.145. The quantitative estimate of drug-likeness (QED) is 0.588. The summed E-state index contributed by atoms with van der Waals surface area (Å²) in [6.45, 7) is 5.06. The molecule has 0 aliphatic carbocycles. The van der Waals surface area contributed by atoms with Gasteiger partial charge in [0.15, 0.2) is 0 Å². The number of carboxylic acid groups (broad SMARTS) is 1. The maximum atomic E-state index is 10.6. The zero-order chi connectivity index (χ0) is 8.91. The first-order valence-corrected chi connectivity index (χ1v) is 3.54. The molecular weight excluding hydrogens is 144 g/mol. The number of hydrogen-bond donors (Lipinski definition) is 2. The van der Waals surface area contributed by atoms with E-state index in [-0.39, 0.29) is 6.61 Å². The van der Waals surface area contributed by atoms with Crippen LogP contribution in [-0.2, 0) is 4.79 Å². The van der Waals surface area contributed by atoms with E-state index in [2.05, 4.69) is 6.58 Å². The number of aliphatic hydroxyl groups excluding tert-OH is 1. The minimum atomic E-state index is -0.888. The predicted molar refractivity (Wildman–Crippen MR) is 42.3 cm³/mol. The maximum Gasteiger partial charge on any atom is 0.313 e. The first-order chi connectivity index (χ1) is 5.06. The van der Waals surface area contributed by atoms with Gasteiger partial charge in [-0.15, -0.1) is 6.58 Å². The molecule has 0 aliphatic rings. The number of hydrogen-bond acceptors (Lipinski definition) is 2. The molecule has 2 N–H and O–H groups in total. The van der Waals surface area contributed by atoms with E-state index >= 15 is 0 Å². The summed E-state index contributed by atoms with van der Waals surface area (Å²) in [4.78, 5) is 10.6. The van der Waals surface area contributed by atoms with Crippen LogP contribution in [0.3, 0.4) is 0 Å². The van der Waals surface area contributed by atoms with Gasteiger partial charge in [0.25, 0.3) is 0 Å². The minimum absolute atomic E-state index is 0.0245. The van der Waals surface area contributed by atoms with E-state index in [4.69, 9.17) is 10.2 Å². The third-order valence-corrected chi connectivity index (χ3v) is 1.79. The molecule has 11 heavy (non-hydrogen) atoms. The largest absolute Gasteiger partial charge is 0.481 e. The fourth-order valence-corrected chi connectivity index (χ4v) is 0.743. The molecule has 1 atom stereocenters. The highest BCUT2D eigenvalue weighted by Crippen LogP contribution is 2.24. The molecule has 0 aromatic rings. The maximum absolute atomic E-state index is 10.6. The SMILES string of the molecule is C=CC(C)(CCCO)C(=O)O. The normalized spacial score (nSPS) is 15.5. The summed E-state index contributed by atoms with van der Waals surface area (Å²) in [6.07, 6.45) is 2.34. The van der Waals surface area contributed by atoms with E-state index in [1.165, 1.54) is 6.08 Å². The molecule has 3 nitrogen and oxygen atoms in total. The standard InChI is InChI=1S/C8H14O3/c1-3-8(2,7(10)11)5-4-6-9/h3,9H,1,4-6H2,2H3,(H,10,11). The molecule has 0 rings (SSSR count). The van der Waals surface area contributed by atoms with Crippen LogP contribution in [-0.4, -0.2) is 22.8 Å². The molecule has 3 heteroatoms. The van der Waals surface area contributed by atoms with Gasteiger partial charge in [-0.25, -0.2) is 0 Å². The van der Waals surface area contributed by atoms with Crippen LogP contribution in [0.5, 0.6) is 0 Å². The van der Waals surface area contributed by atoms with Crippen molar-refractivity contribution >= 4 is 5.97 Å². The first kappa shape index (κ1) is 10.2. The van der Waals surface area contributed by atoms with E-state index in [0.717, 1.165) is 0 Å². The zero-order valence-corrected chi connectivity index (χ0v) is 6.71. The Morgan fingerprint density at radius 1 is 1.73 bits per heavy atom. The summed E-state index contributed by atoms with van der Waals surface area (Å²) in [5, 5.41) is 17.2. The molecule has 0 saturated heterocycles. The van der Waals surface area contributed by atoms with Crippen molar-refractivity contribution in [3.8, 4) is 0 Å². The van der Waals surface area contributed by atoms with Crippen molar-refractivity contribution in [3.05, 3.63) is 12.7 Å². The lowest BCUT2D eigenvalue weighted by Crippen LogP contribution is -2.24. The summed E-state index contributed by atoms with van der Waals surface area (Å²) < 4.78 is 0. The molecule has 0 aliphatic heterocycles. The van der Waals surface area contributed by atoms with E-state index in [1.807, 2.05) is 0 Å². The summed E-state index contributed by atoms with van der Waals surface area (Å²) >= 11 is 0. The van der Waals surface area contributed by atoms with Crippen LogP contribution in [0.25, 0.3) is 0 Å². The lowest BCUT2D eigenvalue weighted by Gasteiger charge is -2.18. The number of carboxylic acids is 1. The highest BCUT2D eigenvalue weighted by molar-refractivity contribution is 5.76. The van der Waals surface area contributed by atoms with Crippen molar-refractivity contribution in [3.63, 3.8) is 0 Å². The summed E-state index contributed by atoms with van der Waals surface area (Å²) in [6, 6.07) is 0. The zero-order valence-electron chi connectivity index (χ0n) is 6.71. The molecule has 0 bridgehead atoms. The molecule has 0 spiro atoms. The third kappa shape index (κ3) is 2.72. The molecule has 0 saturated carbocycles. The highest BCUT2D eigenvalue weighted by atomic mass is 16.4. The second-order valence-electron chi connectivity index (χ2n) is 2.75. The fraction of sp³-hybridized carbons (Fsp3) is 0.625.